The normalized spacial score (nSPS) is 10.7. The number of hydrogen-bond acceptors (Lipinski definition) is 3. The smallest absolute Gasteiger partial charge is 0.293 e. The highest BCUT2D eigenvalue weighted by Crippen LogP contribution is 2.31. The zero-order valence-corrected chi connectivity index (χ0v) is 15.3. The number of para-hydroxylation sites is 1. The van der Waals surface area contributed by atoms with Crippen molar-refractivity contribution in [2.24, 2.45) is 0 Å². The van der Waals surface area contributed by atoms with Gasteiger partial charge in [0.15, 0.2) is 0 Å². The molecule has 0 fully saturated rings. The van der Waals surface area contributed by atoms with Gasteiger partial charge in [-0.25, -0.2) is 4.39 Å². The number of benzene rings is 3. The van der Waals surface area contributed by atoms with Crippen molar-refractivity contribution in [1.82, 2.24) is 0 Å². The Hall–Kier alpha value is -3.93. The van der Waals surface area contributed by atoms with Gasteiger partial charge in [-0.05, 0) is 42.0 Å². The molecule has 1 aromatic heterocycles. The summed E-state index contributed by atoms with van der Waals surface area (Å²) in [5, 5.41) is 6.09. The Bertz CT molecular complexity index is 1170. The van der Waals surface area contributed by atoms with Gasteiger partial charge in [0.1, 0.15) is 17.1 Å². The third-order valence-corrected chi connectivity index (χ3v) is 4.38. The van der Waals surface area contributed by atoms with Gasteiger partial charge in [-0.2, -0.15) is 0 Å². The van der Waals surface area contributed by atoms with E-state index >= 15 is 0 Å². The van der Waals surface area contributed by atoms with Crippen LogP contribution in [0.3, 0.4) is 0 Å². The molecule has 0 saturated carbocycles. The summed E-state index contributed by atoms with van der Waals surface area (Å²) in [4.78, 5) is 25.3. The maximum atomic E-state index is 13.1. The van der Waals surface area contributed by atoms with Crippen LogP contribution in [-0.4, -0.2) is 11.8 Å². The molecule has 2 amide bonds. The zero-order valence-electron chi connectivity index (χ0n) is 15.3. The molecule has 0 aliphatic carbocycles. The molecule has 0 radical (unpaired) electrons. The second-order valence-corrected chi connectivity index (χ2v) is 6.47. The lowest BCUT2D eigenvalue weighted by molar-refractivity contribution is -0.115. The van der Waals surface area contributed by atoms with Crippen molar-refractivity contribution in [1.29, 1.82) is 0 Å². The summed E-state index contributed by atoms with van der Waals surface area (Å²) < 4.78 is 18.8. The lowest BCUT2D eigenvalue weighted by Crippen LogP contribution is -2.18. The highest BCUT2D eigenvalue weighted by molar-refractivity contribution is 6.14. The van der Waals surface area contributed by atoms with Crippen molar-refractivity contribution in [3.63, 3.8) is 0 Å². The minimum Gasteiger partial charge on any atom is -0.449 e. The fourth-order valence-corrected chi connectivity index (χ4v) is 3.02. The van der Waals surface area contributed by atoms with E-state index in [1.807, 2.05) is 30.3 Å². The van der Waals surface area contributed by atoms with Crippen molar-refractivity contribution in [2.45, 2.75) is 6.42 Å². The lowest BCUT2D eigenvalue weighted by atomic mass is 10.1. The van der Waals surface area contributed by atoms with E-state index in [1.54, 1.807) is 24.3 Å². The maximum Gasteiger partial charge on any atom is 0.293 e. The summed E-state index contributed by atoms with van der Waals surface area (Å²) in [6.45, 7) is 0. The topological polar surface area (TPSA) is 71.3 Å². The molecule has 29 heavy (non-hydrogen) atoms. The van der Waals surface area contributed by atoms with E-state index in [1.165, 1.54) is 24.3 Å². The third-order valence-electron chi connectivity index (χ3n) is 4.38. The summed E-state index contributed by atoms with van der Waals surface area (Å²) in [7, 11) is 0. The van der Waals surface area contributed by atoms with Crippen LogP contribution in [0.15, 0.2) is 83.3 Å². The Morgan fingerprint density at radius 1 is 0.828 bits per heavy atom. The fraction of sp³-hybridized carbons (Fsp3) is 0.0435. The highest BCUT2D eigenvalue weighted by Gasteiger charge is 2.22. The van der Waals surface area contributed by atoms with Crippen LogP contribution >= 0.6 is 0 Å². The summed E-state index contributed by atoms with van der Waals surface area (Å²) in [5.74, 6) is -1.22. The zero-order chi connectivity index (χ0) is 20.2. The summed E-state index contributed by atoms with van der Waals surface area (Å²) in [6, 6.07) is 21.8. The molecule has 2 N–H and O–H groups in total. The van der Waals surface area contributed by atoms with Crippen molar-refractivity contribution in [2.75, 3.05) is 10.6 Å². The fourth-order valence-electron chi connectivity index (χ4n) is 3.02. The van der Waals surface area contributed by atoms with Crippen molar-refractivity contribution >= 4 is 34.2 Å². The Labute approximate surface area is 166 Å². The average molecular weight is 388 g/mol. The maximum absolute atomic E-state index is 13.1. The summed E-state index contributed by atoms with van der Waals surface area (Å²) >= 11 is 0. The van der Waals surface area contributed by atoms with E-state index < -0.39 is 11.7 Å². The van der Waals surface area contributed by atoms with E-state index in [9.17, 15) is 14.0 Å². The molecule has 0 aliphatic heterocycles. The molecule has 144 valence electrons. The van der Waals surface area contributed by atoms with Crippen LogP contribution < -0.4 is 10.6 Å². The SMILES string of the molecule is O=C(Cc1ccccc1)Nc1c(C(=O)Nc2ccc(F)cc2)oc2ccccc12. The van der Waals surface area contributed by atoms with Crippen LogP contribution in [0.2, 0.25) is 0 Å². The van der Waals surface area contributed by atoms with Gasteiger partial charge >= 0.3 is 0 Å². The molecule has 1 heterocycles. The monoisotopic (exact) mass is 388 g/mol. The molecule has 0 atom stereocenters. The van der Waals surface area contributed by atoms with E-state index in [4.69, 9.17) is 4.42 Å². The molecule has 4 aromatic rings. The van der Waals surface area contributed by atoms with E-state index in [2.05, 4.69) is 10.6 Å². The van der Waals surface area contributed by atoms with Gasteiger partial charge in [0, 0.05) is 11.1 Å². The van der Waals surface area contributed by atoms with Gasteiger partial charge in [-0.15, -0.1) is 0 Å². The molecule has 0 bridgehead atoms. The van der Waals surface area contributed by atoms with Gasteiger partial charge in [0.25, 0.3) is 5.91 Å². The Balaban J connectivity index is 1.62. The number of anilines is 2. The molecule has 4 rings (SSSR count). The first kappa shape index (κ1) is 18.4. The predicted octanol–water partition coefficient (Wildman–Crippen LogP) is 5.01. The quantitative estimate of drug-likeness (QED) is 0.505. The second kappa shape index (κ2) is 7.98. The number of halogens is 1. The van der Waals surface area contributed by atoms with Crippen molar-refractivity contribution < 1.29 is 18.4 Å². The number of carbonyl (C=O) groups is 2. The first-order valence-electron chi connectivity index (χ1n) is 9.02. The lowest BCUT2D eigenvalue weighted by Gasteiger charge is -2.07. The van der Waals surface area contributed by atoms with Crippen LogP contribution in [0.4, 0.5) is 15.8 Å². The van der Waals surface area contributed by atoms with Crippen LogP contribution in [0.5, 0.6) is 0 Å². The number of carbonyl (C=O) groups excluding carboxylic acids is 2. The highest BCUT2D eigenvalue weighted by atomic mass is 19.1. The first-order valence-corrected chi connectivity index (χ1v) is 9.02. The Morgan fingerprint density at radius 2 is 1.52 bits per heavy atom. The molecule has 0 spiro atoms. The van der Waals surface area contributed by atoms with Crippen molar-refractivity contribution in [3.05, 3.63) is 96.0 Å². The molecule has 5 nitrogen and oxygen atoms in total. The van der Waals surface area contributed by atoms with Crippen LogP contribution in [0.1, 0.15) is 16.1 Å². The van der Waals surface area contributed by atoms with Crippen LogP contribution in [-0.2, 0) is 11.2 Å². The molecule has 6 heteroatoms. The predicted molar refractivity (Wildman–Crippen MR) is 109 cm³/mol. The van der Waals surface area contributed by atoms with Crippen LogP contribution in [0.25, 0.3) is 11.0 Å². The van der Waals surface area contributed by atoms with Crippen LogP contribution in [0, 0.1) is 5.82 Å². The minimum absolute atomic E-state index is 0.0167. The van der Waals surface area contributed by atoms with E-state index in [-0.39, 0.29) is 18.1 Å². The summed E-state index contributed by atoms with van der Waals surface area (Å²) in [6.07, 6.45) is 0.166. The average Bonchev–Trinajstić information content (AvgIpc) is 3.09. The standard InChI is InChI=1S/C23H17FN2O3/c24-16-10-12-17(13-11-16)25-23(28)22-21(18-8-4-5-9-19(18)29-22)26-20(27)14-15-6-2-1-3-7-15/h1-13H,14H2,(H,25,28)(H,26,27). The van der Waals surface area contributed by atoms with Gasteiger partial charge < -0.3 is 15.1 Å². The second-order valence-electron chi connectivity index (χ2n) is 6.47. The van der Waals surface area contributed by atoms with Gasteiger partial charge in [0.2, 0.25) is 11.7 Å². The van der Waals surface area contributed by atoms with Crippen molar-refractivity contribution in [3.8, 4) is 0 Å². The third kappa shape index (κ3) is 4.16. The Morgan fingerprint density at radius 3 is 2.28 bits per heavy atom. The van der Waals surface area contributed by atoms with Gasteiger partial charge in [-0.1, -0.05) is 42.5 Å². The molecular weight excluding hydrogens is 371 g/mol. The molecular formula is C23H17FN2O3. The largest absolute Gasteiger partial charge is 0.449 e. The molecule has 3 aromatic carbocycles. The molecule has 0 unspecified atom stereocenters. The number of fused-ring (bicyclic) bond motifs is 1. The summed E-state index contributed by atoms with van der Waals surface area (Å²) in [5.41, 5.74) is 2.06. The number of hydrogen-bond donors (Lipinski definition) is 2. The molecule has 0 saturated heterocycles. The number of rotatable bonds is 5. The number of amides is 2. The van der Waals surface area contributed by atoms with Gasteiger partial charge in [0.05, 0.1) is 6.42 Å². The number of nitrogens with one attached hydrogen (secondary N) is 2. The first-order chi connectivity index (χ1) is 14.1. The molecule has 0 aliphatic rings. The number of furan rings is 1. The Kier molecular flexibility index (Phi) is 5.07. The minimum atomic E-state index is -0.539. The van der Waals surface area contributed by atoms with E-state index in [0.717, 1.165) is 5.56 Å². The van der Waals surface area contributed by atoms with Gasteiger partial charge in [-0.3, -0.25) is 9.59 Å². The van der Waals surface area contributed by atoms with E-state index in [0.29, 0.717) is 22.3 Å².